The molecule has 3 aliphatic carbocycles. The van der Waals surface area contributed by atoms with E-state index in [4.69, 9.17) is 4.18 Å². The number of hydrogen-bond donors (Lipinski definition) is 0. The van der Waals surface area contributed by atoms with E-state index in [1.165, 1.54) is 18.6 Å². The highest BCUT2D eigenvalue weighted by Crippen LogP contribution is 2.47. The lowest BCUT2D eigenvalue weighted by atomic mass is 9.78. The zero-order valence-corrected chi connectivity index (χ0v) is 25.2. The molecule has 41 heavy (non-hydrogen) atoms. The van der Waals surface area contributed by atoms with Crippen molar-refractivity contribution in [3.8, 4) is 5.75 Å². The van der Waals surface area contributed by atoms with E-state index >= 15 is 0 Å². The third-order valence-corrected chi connectivity index (χ3v) is 11.8. The van der Waals surface area contributed by atoms with Crippen LogP contribution in [-0.2, 0) is 33.1 Å². The number of rotatable bonds is 6. The lowest BCUT2D eigenvalue weighted by Crippen LogP contribution is -2.21. The summed E-state index contributed by atoms with van der Waals surface area (Å²) in [5, 5.41) is 2.05. The molecule has 0 aliphatic heterocycles. The van der Waals surface area contributed by atoms with E-state index in [2.05, 4.69) is 12.1 Å². The summed E-state index contributed by atoms with van der Waals surface area (Å²) < 4.78 is 71.6. The van der Waals surface area contributed by atoms with Gasteiger partial charge in [-0.2, -0.15) is 8.42 Å². The minimum absolute atomic E-state index is 0.135. The second-order valence-corrected chi connectivity index (χ2v) is 15.0. The van der Waals surface area contributed by atoms with E-state index in [0.717, 1.165) is 98.9 Å². The Bertz CT molecular complexity index is 1650. The van der Waals surface area contributed by atoms with Crippen LogP contribution in [0.3, 0.4) is 0 Å². The first-order chi connectivity index (χ1) is 19.7. The largest absolute Gasteiger partial charge is 0.744 e. The Morgan fingerprint density at radius 1 is 0.683 bits per heavy atom. The molecule has 0 saturated heterocycles. The van der Waals surface area contributed by atoms with E-state index in [1.807, 2.05) is 18.2 Å². The number of fused-ring (bicyclic) bond motifs is 2. The fourth-order valence-electron chi connectivity index (χ4n) is 7.62. The van der Waals surface area contributed by atoms with Crippen LogP contribution in [0.1, 0.15) is 118 Å². The Labute approximate surface area is 244 Å². The Morgan fingerprint density at radius 3 is 1.98 bits per heavy atom. The maximum atomic E-state index is 14.6. The molecule has 0 spiro atoms. The van der Waals surface area contributed by atoms with Gasteiger partial charge < -0.3 is 8.74 Å². The van der Waals surface area contributed by atoms with Crippen molar-refractivity contribution < 1.29 is 25.6 Å². The summed E-state index contributed by atoms with van der Waals surface area (Å²) in [6, 6.07) is 12.8. The molecule has 0 heterocycles. The van der Waals surface area contributed by atoms with E-state index in [-0.39, 0.29) is 22.5 Å². The van der Waals surface area contributed by atoms with E-state index < -0.39 is 20.2 Å². The molecule has 3 aromatic carbocycles. The van der Waals surface area contributed by atoms with Gasteiger partial charge >= 0.3 is 10.1 Å². The summed E-state index contributed by atoms with van der Waals surface area (Å²) >= 11 is 0. The molecule has 8 heteroatoms. The Kier molecular flexibility index (Phi) is 8.18. The highest BCUT2D eigenvalue weighted by molar-refractivity contribution is 7.87. The van der Waals surface area contributed by atoms with Gasteiger partial charge in [-0.15, -0.1) is 0 Å². The Morgan fingerprint density at radius 2 is 1.29 bits per heavy atom. The van der Waals surface area contributed by atoms with E-state index in [9.17, 15) is 21.4 Å². The third-order valence-electron chi connectivity index (χ3n) is 9.54. The number of hydrogen-bond acceptors (Lipinski definition) is 6. The molecule has 0 radical (unpaired) electrons. The zero-order chi connectivity index (χ0) is 28.6. The maximum absolute atomic E-state index is 14.6. The smallest absolute Gasteiger partial charge is 0.339 e. The summed E-state index contributed by atoms with van der Waals surface area (Å²) in [6.45, 7) is 0. The minimum Gasteiger partial charge on any atom is -0.744 e. The van der Waals surface area contributed by atoms with Gasteiger partial charge in [-0.1, -0.05) is 69.2 Å². The van der Waals surface area contributed by atoms with E-state index in [0.29, 0.717) is 28.9 Å². The first kappa shape index (κ1) is 28.7. The third kappa shape index (κ3) is 5.80. The maximum Gasteiger partial charge on any atom is 0.339 e. The fraction of sp³-hybridized carbons (Fsp3) is 0.515. The monoisotopic (exact) mass is 595 g/mol. The summed E-state index contributed by atoms with van der Waals surface area (Å²) in [4.78, 5) is 0.0773. The van der Waals surface area contributed by atoms with Crippen LogP contribution in [-0.4, -0.2) is 21.4 Å². The first-order valence-electron chi connectivity index (χ1n) is 15.3. The lowest BCUT2D eigenvalue weighted by molar-refractivity contribution is 0.421. The molecule has 0 N–H and O–H groups in total. The number of benzene rings is 3. The summed E-state index contributed by atoms with van der Waals surface area (Å²) in [5.74, 6) is 0.441. The van der Waals surface area contributed by atoms with Crippen molar-refractivity contribution in [2.75, 3.05) is 0 Å². The van der Waals surface area contributed by atoms with Gasteiger partial charge in [0.15, 0.2) is 0 Å². The lowest BCUT2D eigenvalue weighted by Gasteiger charge is -2.31. The van der Waals surface area contributed by atoms with Gasteiger partial charge in [0.1, 0.15) is 20.8 Å². The van der Waals surface area contributed by atoms with Gasteiger partial charge in [0.25, 0.3) is 0 Å². The summed E-state index contributed by atoms with van der Waals surface area (Å²) in [6.07, 6.45) is 13.7. The van der Waals surface area contributed by atoms with Crippen LogP contribution in [0.25, 0.3) is 10.8 Å². The van der Waals surface area contributed by atoms with Crippen molar-refractivity contribution in [1.29, 1.82) is 0 Å². The second kappa shape index (κ2) is 11.7. The fourth-order valence-corrected chi connectivity index (χ4v) is 9.92. The average molecular weight is 596 g/mol. The SMILES string of the molecule is O=S(=O)([O-])c1ccc(OS(=O)(=O)c2c(C3CCCCC3)cc3ccccc3c2C2CCCCC2)c2c1CCCCC2. The molecule has 6 rings (SSSR count). The highest BCUT2D eigenvalue weighted by Gasteiger charge is 2.35. The average Bonchev–Trinajstić information content (AvgIpc) is 3.23. The molecule has 220 valence electrons. The predicted molar refractivity (Wildman–Crippen MR) is 159 cm³/mol. The van der Waals surface area contributed by atoms with Crippen molar-refractivity contribution >= 4 is 31.0 Å². The van der Waals surface area contributed by atoms with Gasteiger partial charge in [0.05, 0.1) is 4.90 Å². The molecule has 0 atom stereocenters. The van der Waals surface area contributed by atoms with Gasteiger partial charge in [-0.25, -0.2) is 8.42 Å². The molecular formula is C33H39O6S2-. The van der Waals surface area contributed by atoms with E-state index in [1.54, 1.807) is 0 Å². The Hall–Kier alpha value is -2.42. The van der Waals surface area contributed by atoms with Gasteiger partial charge in [0, 0.05) is 5.56 Å². The van der Waals surface area contributed by atoms with Crippen molar-refractivity contribution in [2.45, 2.75) is 118 Å². The van der Waals surface area contributed by atoms with Crippen LogP contribution in [0.2, 0.25) is 0 Å². The zero-order valence-electron chi connectivity index (χ0n) is 23.6. The van der Waals surface area contributed by atoms with Crippen molar-refractivity contribution in [3.05, 3.63) is 64.7 Å². The molecule has 0 bridgehead atoms. The first-order valence-corrected chi connectivity index (χ1v) is 18.2. The molecule has 3 aromatic rings. The predicted octanol–water partition coefficient (Wildman–Crippen LogP) is 7.88. The van der Waals surface area contributed by atoms with Crippen molar-refractivity contribution in [1.82, 2.24) is 0 Å². The Balaban J connectivity index is 1.56. The molecule has 2 fully saturated rings. The standard InChI is InChI=1S/C33H40O6S2/c34-40(35,36)31-21-20-30(27-18-8-3-9-19-28(27)31)39-41(37,38)33-29(23-12-4-1-5-13-23)22-25-16-10-11-17-26(25)32(33)24-14-6-2-7-15-24/h10-11,16-17,20-24H,1-9,12-15,18-19H2,(H,34,35,36)/p-1. The summed E-state index contributed by atoms with van der Waals surface area (Å²) in [7, 11) is -8.98. The molecule has 3 aliphatic rings. The van der Waals surface area contributed by atoms with Crippen molar-refractivity contribution in [2.24, 2.45) is 0 Å². The molecule has 2 saturated carbocycles. The highest BCUT2D eigenvalue weighted by atomic mass is 32.2. The van der Waals surface area contributed by atoms with Crippen LogP contribution in [0, 0.1) is 0 Å². The van der Waals surface area contributed by atoms with Crippen molar-refractivity contribution in [3.63, 3.8) is 0 Å². The molecule has 0 aromatic heterocycles. The van der Waals surface area contributed by atoms with Crippen LogP contribution in [0.4, 0.5) is 0 Å². The molecule has 0 amide bonds. The van der Waals surface area contributed by atoms with Crippen LogP contribution >= 0.6 is 0 Å². The van der Waals surface area contributed by atoms with Gasteiger partial charge in [-0.05, 0) is 109 Å². The molecular weight excluding hydrogens is 556 g/mol. The quantitative estimate of drug-likeness (QED) is 0.163. The molecule has 6 nitrogen and oxygen atoms in total. The normalized spacial score (nSPS) is 19.5. The summed E-state index contributed by atoms with van der Waals surface area (Å²) in [5.41, 5.74) is 2.73. The van der Waals surface area contributed by atoms with Crippen LogP contribution in [0.15, 0.2) is 52.3 Å². The second-order valence-electron chi connectivity index (χ2n) is 12.2. The van der Waals surface area contributed by atoms with Gasteiger partial charge in [-0.3, -0.25) is 0 Å². The minimum atomic E-state index is -4.69. The molecule has 0 unspecified atom stereocenters. The van der Waals surface area contributed by atoms with Gasteiger partial charge in [0.2, 0.25) is 0 Å². The topological polar surface area (TPSA) is 101 Å². The van der Waals surface area contributed by atoms with Crippen LogP contribution in [0.5, 0.6) is 5.75 Å². The van der Waals surface area contributed by atoms with Crippen LogP contribution < -0.4 is 4.18 Å².